The van der Waals surface area contributed by atoms with Gasteiger partial charge in [-0.25, -0.2) is 0 Å². The van der Waals surface area contributed by atoms with Crippen molar-refractivity contribution in [1.82, 2.24) is 0 Å². The van der Waals surface area contributed by atoms with Crippen molar-refractivity contribution < 1.29 is 53.5 Å². The fraction of sp³-hybridized carbons (Fsp3) is 0.600. The van der Waals surface area contributed by atoms with Gasteiger partial charge in [0, 0.05) is 18.2 Å². The van der Waals surface area contributed by atoms with Gasteiger partial charge < -0.3 is 14.0 Å². The van der Waals surface area contributed by atoms with Crippen LogP contribution < -0.4 is 0 Å². The molecule has 3 aliphatic rings. The van der Waals surface area contributed by atoms with Gasteiger partial charge in [-0.05, 0) is 20.8 Å². The zero-order chi connectivity index (χ0) is 25.8. The maximum atomic E-state index is 13.8. The molecule has 0 bridgehead atoms. The van der Waals surface area contributed by atoms with Crippen molar-refractivity contribution in [3.63, 3.8) is 0 Å². The van der Waals surface area contributed by atoms with Crippen LogP contribution in [-0.4, -0.2) is 94.4 Å². The van der Waals surface area contributed by atoms with Crippen LogP contribution in [0.15, 0.2) is 66.0 Å². The van der Waals surface area contributed by atoms with Crippen LogP contribution >= 0.6 is 0 Å². The molecule has 0 radical (unpaired) electrons. The Morgan fingerprint density at radius 3 is 0.943 bits per heavy atom. The molecule has 3 atom stereocenters. The zero-order valence-electron chi connectivity index (χ0n) is 17.1. The van der Waals surface area contributed by atoms with Crippen molar-refractivity contribution in [3.8, 4) is 0 Å². The molecule has 0 aromatic rings. The van der Waals surface area contributed by atoms with Gasteiger partial charge in [-0.2, -0.15) is 54.9 Å². The van der Waals surface area contributed by atoms with Gasteiger partial charge in [0.15, 0.2) is 0 Å². The van der Waals surface area contributed by atoms with Crippen molar-refractivity contribution in [2.75, 3.05) is 0 Å². The normalized spacial score (nSPS) is 30.3. The summed E-state index contributed by atoms with van der Waals surface area (Å²) < 4.78 is 137. The number of hydrogen-bond acceptors (Lipinski definition) is 9. The van der Waals surface area contributed by atoms with E-state index in [9.17, 15) is 39.5 Å². The maximum absolute atomic E-state index is 13.8. The summed E-state index contributed by atoms with van der Waals surface area (Å²) in [6.45, 7) is 3.08. The van der Waals surface area contributed by atoms with Gasteiger partial charge in [-0.3, -0.25) is 0 Å². The molecule has 0 aromatic carbocycles. The first-order chi connectivity index (χ1) is 15.3. The minimum atomic E-state index is -5.51. The SMILES string of the molecule is CC1=CC(OB(OC2(C(F)(F)F)C=C(C)N=N2)OC2(C(F)(F)F)C=C(C)N=N2)(C(F)(F)F)N=N1.[KH]. The van der Waals surface area contributed by atoms with E-state index in [1.54, 1.807) is 0 Å². The van der Waals surface area contributed by atoms with Crippen LogP contribution in [0.5, 0.6) is 0 Å². The molecule has 188 valence electrons. The summed E-state index contributed by atoms with van der Waals surface area (Å²) in [6, 6.07) is 0. The molecule has 20 heteroatoms. The summed E-state index contributed by atoms with van der Waals surface area (Å²) in [6.07, 6.45) is -15.9. The molecule has 9 nitrogen and oxygen atoms in total. The third-order valence-electron chi connectivity index (χ3n) is 4.33. The van der Waals surface area contributed by atoms with Crippen LogP contribution in [0, 0.1) is 0 Å². The van der Waals surface area contributed by atoms with E-state index in [0.717, 1.165) is 20.8 Å². The predicted octanol–water partition coefficient (Wildman–Crippen LogP) is 5.26. The predicted molar refractivity (Wildman–Crippen MR) is 98.4 cm³/mol. The number of rotatable bonds is 6. The van der Waals surface area contributed by atoms with Gasteiger partial charge in [-0.1, -0.05) is 0 Å². The molecule has 3 unspecified atom stereocenters. The van der Waals surface area contributed by atoms with Gasteiger partial charge in [0.25, 0.3) is 17.2 Å². The van der Waals surface area contributed by atoms with E-state index >= 15 is 0 Å². The second-order valence-electron chi connectivity index (χ2n) is 7.18. The van der Waals surface area contributed by atoms with Crippen LogP contribution in [0.2, 0.25) is 0 Å². The number of halogens is 9. The van der Waals surface area contributed by atoms with E-state index in [-0.39, 0.29) is 69.6 Å². The minimum absolute atomic E-state index is 0. The zero-order valence-corrected chi connectivity index (χ0v) is 17.1. The number of azo groups is 3. The first-order valence-electron chi connectivity index (χ1n) is 8.94. The summed E-state index contributed by atoms with van der Waals surface area (Å²) in [5.74, 6) is 0. The monoisotopic (exact) mass is 546 g/mol. The molecule has 0 amide bonds. The van der Waals surface area contributed by atoms with Crippen LogP contribution in [0.3, 0.4) is 0 Å². The summed E-state index contributed by atoms with van der Waals surface area (Å²) in [4.78, 5) is 0. The van der Waals surface area contributed by atoms with Gasteiger partial charge >= 0.3 is 77.2 Å². The quantitative estimate of drug-likeness (QED) is 0.336. The summed E-state index contributed by atoms with van der Waals surface area (Å²) in [5, 5.41) is 17.8. The number of hydrogen-bond donors (Lipinski definition) is 0. The Balaban J connectivity index is 0.00000432. The van der Waals surface area contributed by atoms with Crippen LogP contribution in [0.1, 0.15) is 20.8 Å². The van der Waals surface area contributed by atoms with E-state index < -0.39 is 60.1 Å². The summed E-state index contributed by atoms with van der Waals surface area (Å²) >= 11 is 0. The Kier molecular flexibility index (Phi) is 8.36. The molecule has 3 rings (SSSR count). The first kappa shape index (κ1) is 30.2. The first-order valence-corrected chi connectivity index (χ1v) is 8.94. The van der Waals surface area contributed by atoms with Gasteiger partial charge in [-0.15, -0.1) is 15.3 Å². The van der Waals surface area contributed by atoms with Crippen LogP contribution in [0.4, 0.5) is 39.5 Å². The molecular weight excluding hydrogens is 533 g/mol. The second kappa shape index (κ2) is 9.69. The van der Waals surface area contributed by atoms with Gasteiger partial charge in [0.1, 0.15) is 0 Å². The molecule has 35 heavy (non-hydrogen) atoms. The topological polar surface area (TPSA) is 102 Å². The Hall–Kier alpha value is -1.03. The third kappa shape index (κ3) is 5.78. The summed E-state index contributed by atoms with van der Waals surface area (Å²) in [5.41, 5.74) is -12.7. The van der Waals surface area contributed by atoms with Crippen molar-refractivity contribution in [2.24, 2.45) is 30.7 Å². The van der Waals surface area contributed by atoms with Crippen molar-refractivity contribution >= 4 is 58.7 Å². The number of nitrogens with zero attached hydrogens (tertiary/aromatic N) is 6. The van der Waals surface area contributed by atoms with Crippen molar-refractivity contribution in [3.05, 3.63) is 35.3 Å². The molecule has 0 N–H and O–H groups in total. The molecule has 0 saturated heterocycles. The summed E-state index contributed by atoms with van der Waals surface area (Å²) in [7, 11) is -3.38. The number of alkyl halides is 9. The van der Waals surface area contributed by atoms with E-state index in [1.807, 2.05) is 0 Å². The molecule has 3 heterocycles. The fourth-order valence-electron chi connectivity index (χ4n) is 2.78. The molecule has 0 aliphatic carbocycles. The second-order valence-corrected chi connectivity index (χ2v) is 7.18. The van der Waals surface area contributed by atoms with Crippen molar-refractivity contribution in [1.29, 1.82) is 0 Å². The average molecular weight is 546 g/mol. The molecule has 0 fully saturated rings. The Labute approximate surface area is 233 Å². The standard InChI is InChI=1S/C15H12BF9N6O3.K.H/c1-7-4-10(29-26-7,13(17,18)19)32-16(33-11(14(20,21)22)5-8(2)27-30-11)34-12(15(23,24)25)6-9(3)28-31-12;;/h4-6H,1-3H3;;. The molecule has 3 aliphatic heterocycles. The number of allylic oxidation sites excluding steroid dienone is 3. The Bertz CT molecular complexity index is 912. The van der Waals surface area contributed by atoms with E-state index in [4.69, 9.17) is 0 Å². The van der Waals surface area contributed by atoms with Crippen LogP contribution in [0.25, 0.3) is 0 Å². The fourth-order valence-corrected chi connectivity index (χ4v) is 2.78. The Morgan fingerprint density at radius 2 is 0.800 bits per heavy atom. The van der Waals surface area contributed by atoms with Crippen molar-refractivity contribution in [2.45, 2.75) is 56.5 Å². The van der Waals surface area contributed by atoms with Gasteiger partial charge in [0.2, 0.25) is 0 Å². The molecule has 0 spiro atoms. The van der Waals surface area contributed by atoms with E-state index in [2.05, 4.69) is 44.6 Å². The van der Waals surface area contributed by atoms with E-state index in [0.29, 0.717) is 0 Å². The third-order valence-corrected chi connectivity index (χ3v) is 4.33. The average Bonchev–Trinajstić information content (AvgIpc) is 3.33. The molecule has 0 aromatic heterocycles. The van der Waals surface area contributed by atoms with Gasteiger partial charge in [0.05, 0.1) is 17.1 Å². The molecule has 0 saturated carbocycles. The van der Waals surface area contributed by atoms with E-state index in [1.165, 1.54) is 0 Å². The van der Waals surface area contributed by atoms with Crippen LogP contribution in [-0.2, 0) is 14.0 Å². The molecular formula is C15H13BF9KN6O3. The Morgan fingerprint density at radius 1 is 0.571 bits per heavy atom.